The Morgan fingerprint density at radius 1 is 1.31 bits per heavy atom. The molecule has 2 nitrogen and oxygen atoms in total. The van der Waals surface area contributed by atoms with E-state index in [1.165, 1.54) is 0 Å². The summed E-state index contributed by atoms with van der Waals surface area (Å²) in [5.41, 5.74) is 1.10. The maximum atomic E-state index is 9.44. The highest BCUT2D eigenvalue weighted by molar-refractivity contribution is 5.20. The van der Waals surface area contributed by atoms with Gasteiger partial charge in [-0.2, -0.15) is 0 Å². The second kappa shape index (κ2) is 3.48. The highest BCUT2D eigenvalue weighted by Gasteiger charge is 2.33. The fourth-order valence-electron chi connectivity index (χ4n) is 1.64. The highest BCUT2D eigenvalue weighted by Crippen LogP contribution is 2.33. The summed E-state index contributed by atoms with van der Waals surface area (Å²) in [4.78, 5) is 0. The molecule has 1 fully saturated rings. The number of hydrogen-bond acceptors (Lipinski definition) is 2. The molecule has 1 aromatic carbocycles. The van der Waals surface area contributed by atoms with E-state index in [9.17, 15) is 5.11 Å². The minimum absolute atomic E-state index is 0.0452. The Bertz CT molecular complexity index is 271. The van der Waals surface area contributed by atoms with Crippen molar-refractivity contribution < 1.29 is 9.84 Å². The van der Waals surface area contributed by atoms with Gasteiger partial charge >= 0.3 is 0 Å². The zero-order valence-corrected chi connectivity index (χ0v) is 7.39. The van der Waals surface area contributed by atoms with E-state index in [0.29, 0.717) is 6.61 Å². The van der Waals surface area contributed by atoms with Crippen LogP contribution in [0.5, 0.6) is 0 Å². The van der Waals surface area contributed by atoms with Gasteiger partial charge in [0, 0.05) is 5.92 Å². The van der Waals surface area contributed by atoms with Crippen molar-refractivity contribution in [1.29, 1.82) is 0 Å². The van der Waals surface area contributed by atoms with E-state index < -0.39 is 6.10 Å². The fraction of sp³-hybridized carbons (Fsp3) is 0.364. The van der Waals surface area contributed by atoms with E-state index in [-0.39, 0.29) is 12.0 Å². The van der Waals surface area contributed by atoms with E-state index in [1.807, 2.05) is 30.3 Å². The second-order valence-electron chi connectivity index (χ2n) is 3.40. The number of rotatable bonds is 1. The standard InChI is InChI=1S/C11H13O2/c1-8-10(12)7-13-11(8)9-5-3-2-4-6-9/h2-6,8,10-12H,1,7H2/t8-,10-,11+/m0/s1. The second-order valence-corrected chi connectivity index (χ2v) is 3.40. The lowest BCUT2D eigenvalue weighted by molar-refractivity contribution is 0.0875. The Morgan fingerprint density at radius 2 is 2.00 bits per heavy atom. The highest BCUT2D eigenvalue weighted by atomic mass is 16.5. The van der Waals surface area contributed by atoms with Crippen LogP contribution in [0.1, 0.15) is 11.7 Å². The Morgan fingerprint density at radius 3 is 2.54 bits per heavy atom. The van der Waals surface area contributed by atoms with Crippen LogP contribution in [-0.4, -0.2) is 17.8 Å². The molecule has 2 heteroatoms. The van der Waals surface area contributed by atoms with Crippen molar-refractivity contribution in [2.45, 2.75) is 12.2 Å². The van der Waals surface area contributed by atoms with Crippen LogP contribution in [0.15, 0.2) is 30.3 Å². The smallest absolute Gasteiger partial charge is 0.0879 e. The third-order valence-electron chi connectivity index (χ3n) is 2.46. The maximum absolute atomic E-state index is 9.44. The van der Waals surface area contributed by atoms with Gasteiger partial charge in [0.15, 0.2) is 0 Å². The van der Waals surface area contributed by atoms with E-state index >= 15 is 0 Å². The molecule has 2 rings (SSSR count). The van der Waals surface area contributed by atoms with Crippen LogP contribution in [0.2, 0.25) is 0 Å². The third-order valence-corrected chi connectivity index (χ3v) is 2.46. The molecule has 1 N–H and O–H groups in total. The lowest BCUT2D eigenvalue weighted by atomic mass is 9.96. The molecule has 0 saturated carbocycles. The summed E-state index contributed by atoms with van der Waals surface area (Å²) in [6.45, 7) is 4.30. The molecule has 0 bridgehead atoms. The van der Waals surface area contributed by atoms with Gasteiger partial charge in [0.25, 0.3) is 0 Å². The van der Waals surface area contributed by atoms with Gasteiger partial charge in [-0.15, -0.1) is 0 Å². The molecule has 0 aliphatic carbocycles. The number of benzene rings is 1. The SMILES string of the molecule is [CH2][C@H]1[C@@H](O)CO[C@H]1c1ccccc1. The third kappa shape index (κ3) is 1.60. The average Bonchev–Trinajstić information content (AvgIpc) is 2.49. The van der Waals surface area contributed by atoms with Crippen LogP contribution < -0.4 is 0 Å². The van der Waals surface area contributed by atoms with Crippen molar-refractivity contribution in [3.05, 3.63) is 42.8 Å². The molecular formula is C11H13O2. The van der Waals surface area contributed by atoms with Crippen LogP contribution in [0.25, 0.3) is 0 Å². The Kier molecular flexibility index (Phi) is 2.34. The topological polar surface area (TPSA) is 29.5 Å². The first kappa shape index (κ1) is 8.73. The molecule has 0 aromatic heterocycles. The molecule has 1 radical (unpaired) electrons. The summed E-state index contributed by atoms with van der Waals surface area (Å²) in [5.74, 6) is -0.0533. The monoisotopic (exact) mass is 177 g/mol. The molecule has 0 unspecified atom stereocenters. The van der Waals surface area contributed by atoms with Gasteiger partial charge in [0.2, 0.25) is 0 Å². The number of ether oxygens (including phenoxy) is 1. The molecular weight excluding hydrogens is 164 g/mol. The van der Waals surface area contributed by atoms with Crippen LogP contribution >= 0.6 is 0 Å². The van der Waals surface area contributed by atoms with E-state index in [2.05, 4.69) is 6.92 Å². The zero-order valence-electron chi connectivity index (χ0n) is 7.39. The summed E-state index contributed by atoms with van der Waals surface area (Å²) in [7, 11) is 0. The minimum Gasteiger partial charge on any atom is -0.390 e. The van der Waals surface area contributed by atoms with E-state index in [1.54, 1.807) is 0 Å². The first-order valence-electron chi connectivity index (χ1n) is 4.47. The van der Waals surface area contributed by atoms with Gasteiger partial charge in [-0.1, -0.05) is 30.3 Å². The number of hydrogen-bond donors (Lipinski definition) is 1. The molecule has 3 atom stereocenters. The van der Waals surface area contributed by atoms with Crippen LogP contribution in [0.4, 0.5) is 0 Å². The van der Waals surface area contributed by atoms with Crippen LogP contribution in [0.3, 0.4) is 0 Å². The first-order chi connectivity index (χ1) is 6.29. The van der Waals surface area contributed by atoms with E-state index in [0.717, 1.165) is 5.56 Å². The van der Waals surface area contributed by atoms with Gasteiger partial charge in [-0.3, -0.25) is 0 Å². The van der Waals surface area contributed by atoms with Crippen molar-refractivity contribution >= 4 is 0 Å². The summed E-state index contributed by atoms with van der Waals surface area (Å²) < 4.78 is 5.45. The van der Waals surface area contributed by atoms with Crippen molar-refractivity contribution in [1.82, 2.24) is 0 Å². The summed E-state index contributed by atoms with van der Waals surface area (Å²) in [6, 6.07) is 9.90. The Labute approximate surface area is 78.2 Å². The fourth-order valence-corrected chi connectivity index (χ4v) is 1.64. The van der Waals surface area contributed by atoms with Crippen molar-refractivity contribution in [3.63, 3.8) is 0 Å². The van der Waals surface area contributed by atoms with Gasteiger partial charge in [0.1, 0.15) is 0 Å². The molecule has 0 amide bonds. The van der Waals surface area contributed by atoms with Crippen molar-refractivity contribution in [2.75, 3.05) is 6.61 Å². The lowest BCUT2D eigenvalue weighted by Gasteiger charge is -2.15. The molecule has 0 spiro atoms. The lowest BCUT2D eigenvalue weighted by Crippen LogP contribution is -2.16. The predicted octanol–water partition coefficient (Wildman–Crippen LogP) is 1.57. The summed E-state index contributed by atoms with van der Waals surface area (Å²) in [5, 5.41) is 9.44. The zero-order chi connectivity index (χ0) is 9.26. The molecule has 69 valence electrons. The molecule has 1 aliphatic heterocycles. The van der Waals surface area contributed by atoms with Gasteiger partial charge < -0.3 is 9.84 Å². The average molecular weight is 177 g/mol. The number of aliphatic hydroxyl groups is 1. The number of aliphatic hydroxyl groups excluding tert-OH is 1. The summed E-state index contributed by atoms with van der Waals surface area (Å²) in [6.07, 6.45) is -0.471. The Hall–Kier alpha value is -0.860. The van der Waals surface area contributed by atoms with Gasteiger partial charge in [-0.25, -0.2) is 0 Å². The van der Waals surface area contributed by atoms with Gasteiger partial charge in [0.05, 0.1) is 18.8 Å². The van der Waals surface area contributed by atoms with E-state index in [4.69, 9.17) is 4.74 Å². The molecule has 1 saturated heterocycles. The van der Waals surface area contributed by atoms with Crippen molar-refractivity contribution in [2.24, 2.45) is 5.92 Å². The Balaban J connectivity index is 2.19. The molecule has 13 heavy (non-hydrogen) atoms. The normalized spacial score (nSPS) is 33.5. The minimum atomic E-state index is -0.426. The van der Waals surface area contributed by atoms with Crippen molar-refractivity contribution in [3.8, 4) is 0 Å². The van der Waals surface area contributed by atoms with Gasteiger partial charge in [-0.05, 0) is 12.5 Å². The molecule has 1 aromatic rings. The first-order valence-corrected chi connectivity index (χ1v) is 4.47. The predicted molar refractivity (Wildman–Crippen MR) is 50.0 cm³/mol. The molecule has 1 heterocycles. The quantitative estimate of drug-likeness (QED) is 0.705. The largest absolute Gasteiger partial charge is 0.390 e. The summed E-state index contributed by atoms with van der Waals surface area (Å²) >= 11 is 0. The van der Waals surface area contributed by atoms with Crippen LogP contribution in [0, 0.1) is 12.8 Å². The van der Waals surface area contributed by atoms with Crippen LogP contribution in [-0.2, 0) is 4.74 Å². The maximum Gasteiger partial charge on any atom is 0.0879 e. The molecule has 1 aliphatic rings.